The summed E-state index contributed by atoms with van der Waals surface area (Å²) in [6.45, 7) is 3.91. The van der Waals surface area contributed by atoms with E-state index in [4.69, 9.17) is 0 Å². The molecular formula is C15H18F3NO3. The monoisotopic (exact) mass is 317 g/mol. The van der Waals surface area contributed by atoms with Gasteiger partial charge in [-0.1, -0.05) is 13.8 Å². The van der Waals surface area contributed by atoms with E-state index in [0.717, 1.165) is 6.07 Å². The largest absolute Gasteiger partial charge is 0.469 e. The molecule has 0 aliphatic carbocycles. The summed E-state index contributed by atoms with van der Waals surface area (Å²) < 4.78 is 44.4. The zero-order valence-electron chi connectivity index (χ0n) is 12.7. The summed E-state index contributed by atoms with van der Waals surface area (Å²) in [6, 6.07) is 1.58. The van der Waals surface area contributed by atoms with E-state index in [0.29, 0.717) is 6.07 Å². The van der Waals surface area contributed by atoms with Gasteiger partial charge in [0, 0.05) is 13.1 Å². The topological polar surface area (TPSA) is 46.6 Å². The average Bonchev–Trinajstić information content (AvgIpc) is 2.47. The van der Waals surface area contributed by atoms with Gasteiger partial charge in [0.1, 0.15) is 0 Å². The van der Waals surface area contributed by atoms with Gasteiger partial charge in [-0.05, 0) is 18.1 Å². The highest BCUT2D eigenvalue weighted by Gasteiger charge is 2.24. The first-order valence-electron chi connectivity index (χ1n) is 6.77. The Kier molecular flexibility index (Phi) is 6.39. The number of nitrogens with zero attached hydrogens (tertiary/aromatic N) is 1. The zero-order valence-corrected chi connectivity index (χ0v) is 12.7. The van der Waals surface area contributed by atoms with Crippen molar-refractivity contribution in [3.63, 3.8) is 0 Å². The van der Waals surface area contributed by atoms with E-state index >= 15 is 0 Å². The van der Waals surface area contributed by atoms with Crippen molar-refractivity contribution >= 4 is 11.9 Å². The van der Waals surface area contributed by atoms with Crippen molar-refractivity contribution in [1.82, 2.24) is 4.90 Å². The van der Waals surface area contributed by atoms with E-state index in [9.17, 15) is 22.8 Å². The minimum atomic E-state index is -1.69. The Labute approximate surface area is 126 Å². The van der Waals surface area contributed by atoms with Crippen LogP contribution < -0.4 is 0 Å². The second kappa shape index (κ2) is 7.82. The van der Waals surface area contributed by atoms with Crippen LogP contribution in [0.25, 0.3) is 0 Å². The first kappa shape index (κ1) is 18.0. The van der Waals surface area contributed by atoms with Crippen LogP contribution in [-0.2, 0) is 9.53 Å². The van der Waals surface area contributed by atoms with Crippen molar-refractivity contribution in [2.24, 2.45) is 5.92 Å². The van der Waals surface area contributed by atoms with Gasteiger partial charge in [-0.2, -0.15) is 0 Å². The van der Waals surface area contributed by atoms with E-state index in [1.165, 1.54) is 12.0 Å². The van der Waals surface area contributed by atoms with E-state index in [-0.39, 0.29) is 25.4 Å². The lowest BCUT2D eigenvalue weighted by Gasteiger charge is -2.24. The van der Waals surface area contributed by atoms with Crippen LogP contribution in [0, 0.1) is 23.4 Å². The number of carbonyl (C=O) groups excluding carboxylic acids is 2. The Morgan fingerprint density at radius 3 is 2.36 bits per heavy atom. The lowest BCUT2D eigenvalue weighted by Crippen LogP contribution is -2.36. The van der Waals surface area contributed by atoms with E-state index < -0.39 is 34.9 Å². The maximum Gasteiger partial charge on any atom is 0.307 e. The summed E-state index contributed by atoms with van der Waals surface area (Å²) in [4.78, 5) is 24.7. The standard InChI is InChI=1S/C15H18F3NO3/c1-9(2)8-19(7-6-12(20)22-3)15(21)10-4-5-11(16)14(18)13(10)17/h4-5,9H,6-8H2,1-3H3. The molecule has 1 aromatic rings. The fraction of sp³-hybridized carbons (Fsp3) is 0.467. The molecule has 0 aliphatic rings. The molecule has 0 spiro atoms. The Morgan fingerprint density at radius 2 is 1.82 bits per heavy atom. The molecule has 1 aromatic carbocycles. The normalized spacial score (nSPS) is 10.7. The Morgan fingerprint density at radius 1 is 1.18 bits per heavy atom. The van der Waals surface area contributed by atoms with Crippen LogP contribution in [-0.4, -0.2) is 37.0 Å². The van der Waals surface area contributed by atoms with Gasteiger partial charge in [-0.25, -0.2) is 13.2 Å². The molecule has 0 saturated carbocycles. The summed E-state index contributed by atoms with van der Waals surface area (Å²) in [5, 5.41) is 0. The molecule has 0 fully saturated rings. The third-order valence-electron chi connectivity index (χ3n) is 2.95. The molecule has 7 heteroatoms. The Balaban J connectivity index is 3.01. The third kappa shape index (κ3) is 4.47. The van der Waals surface area contributed by atoms with Crippen LogP contribution >= 0.6 is 0 Å². The van der Waals surface area contributed by atoms with Gasteiger partial charge in [-0.3, -0.25) is 9.59 Å². The van der Waals surface area contributed by atoms with Crippen molar-refractivity contribution in [1.29, 1.82) is 0 Å². The molecule has 0 N–H and O–H groups in total. The molecular weight excluding hydrogens is 299 g/mol. The predicted molar refractivity (Wildman–Crippen MR) is 73.7 cm³/mol. The molecule has 22 heavy (non-hydrogen) atoms. The van der Waals surface area contributed by atoms with Gasteiger partial charge in [0.15, 0.2) is 17.5 Å². The van der Waals surface area contributed by atoms with E-state index in [1.807, 2.05) is 13.8 Å². The molecule has 0 unspecified atom stereocenters. The summed E-state index contributed by atoms with van der Waals surface area (Å²) in [5.41, 5.74) is -0.565. The number of benzene rings is 1. The van der Waals surface area contributed by atoms with Gasteiger partial charge in [0.2, 0.25) is 0 Å². The molecule has 0 heterocycles. The van der Waals surface area contributed by atoms with Gasteiger partial charge < -0.3 is 9.64 Å². The lowest BCUT2D eigenvalue weighted by molar-refractivity contribution is -0.140. The van der Waals surface area contributed by atoms with Crippen molar-refractivity contribution in [3.05, 3.63) is 35.1 Å². The van der Waals surface area contributed by atoms with Gasteiger partial charge >= 0.3 is 5.97 Å². The van der Waals surface area contributed by atoms with Gasteiger partial charge in [0.05, 0.1) is 19.1 Å². The maximum atomic E-state index is 13.7. The molecule has 4 nitrogen and oxygen atoms in total. The quantitative estimate of drug-likeness (QED) is 0.599. The van der Waals surface area contributed by atoms with Crippen LogP contribution in [0.1, 0.15) is 30.6 Å². The lowest BCUT2D eigenvalue weighted by atomic mass is 10.1. The maximum absolute atomic E-state index is 13.7. The highest BCUT2D eigenvalue weighted by molar-refractivity contribution is 5.94. The van der Waals surface area contributed by atoms with Crippen LogP contribution in [0.15, 0.2) is 12.1 Å². The Hall–Kier alpha value is -2.05. The Bertz CT molecular complexity index is 561. The minimum absolute atomic E-state index is 0.00211. The molecule has 122 valence electrons. The summed E-state index contributed by atoms with van der Waals surface area (Å²) in [6.07, 6.45) is -0.0692. The number of rotatable bonds is 6. The van der Waals surface area contributed by atoms with Gasteiger partial charge in [0.25, 0.3) is 5.91 Å². The molecule has 1 amide bonds. The number of hydrogen-bond acceptors (Lipinski definition) is 3. The van der Waals surface area contributed by atoms with Crippen LogP contribution in [0.5, 0.6) is 0 Å². The number of halogens is 3. The molecule has 0 radical (unpaired) electrons. The summed E-state index contributed by atoms with van der Waals surface area (Å²) in [7, 11) is 1.21. The number of esters is 1. The van der Waals surface area contributed by atoms with E-state index in [2.05, 4.69) is 4.74 Å². The third-order valence-corrected chi connectivity index (χ3v) is 2.95. The highest BCUT2D eigenvalue weighted by Crippen LogP contribution is 2.18. The number of amides is 1. The second-order valence-electron chi connectivity index (χ2n) is 5.19. The van der Waals surface area contributed by atoms with Crippen molar-refractivity contribution in [3.8, 4) is 0 Å². The highest BCUT2D eigenvalue weighted by atomic mass is 19.2. The smallest absolute Gasteiger partial charge is 0.307 e. The minimum Gasteiger partial charge on any atom is -0.469 e. The SMILES string of the molecule is COC(=O)CCN(CC(C)C)C(=O)c1ccc(F)c(F)c1F. The van der Waals surface area contributed by atoms with Gasteiger partial charge in [-0.15, -0.1) is 0 Å². The fourth-order valence-electron chi connectivity index (χ4n) is 1.91. The average molecular weight is 317 g/mol. The second-order valence-corrected chi connectivity index (χ2v) is 5.19. The molecule has 0 atom stereocenters. The molecule has 0 aromatic heterocycles. The first-order valence-corrected chi connectivity index (χ1v) is 6.77. The molecule has 1 rings (SSSR count). The molecule has 0 bridgehead atoms. The molecule has 0 aliphatic heterocycles. The van der Waals surface area contributed by atoms with Crippen molar-refractivity contribution in [2.45, 2.75) is 20.3 Å². The number of carbonyl (C=O) groups is 2. The van der Waals surface area contributed by atoms with Crippen molar-refractivity contribution < 1.29 is 27.5 Å². The van der Waals surface area contributed by atoms with Crippen LogP contribution in [0.4, 0.5) is 13.2 Å². The summed E-state index contributed by atoms with van der Waals surface area (Å²) >= 11 is 0. The molecule has 0 saturated heterocycles. The van der Waals surface area contributed by atoms with Crippen LogP contribution in [0.3, 0.4) is 0 Å². The van der Waals surface area contributed by atoms with Crippen molar-refractivity contribution in [2.75, 3.05) is 20.2 Å². The summed E-state index contributed by atoms with van der Waals surface area (Å²) in [5.74, 6) is -5.85. The predicted octanol–water partition coefficient (Wildman–Crippen LogP) is 2.77. The first-order chi connectivity index (χ1) is 10.3. The van der Waals surface area contributed by atoms with Crippen LogP contribution in [0.2, 0.25) is 0 Å². The van der Waals surface area contributed by atoms with E-state index in [1.54, 1.807) is 0 Å². The number of hydrogen-bond donors (Lipinski definition) is 0. The fourth-order valence-corrected chi connectivity index (χ4v) is 1.91. The number of methoxy groups -OCH3 is 1. The zero-order chi connectivity index (χ0) is 16.9. The number of ether oxygens (including phenoxy) is 1.